The van der Waals surface area contributed by atoms with Crippen molar-refractivity contribution in [3.05, 3.63) is 52.4 Å². The quantitative estimate of drug-likeness (QED) is 0.934. The van der Waals surface area contributed by atoms with E-state index in [0.29, 0.717) is 11.5 Å². The van der Waals surface area contributed by atoms with Gasteiger partial charge >= 0.3 is 0 Å². The van der Waals surface area contributed by atoms with Crippen molar-refractivity contribution in [3.8, 4) is 0 Å². The van der Waals surface area contributed by atoms with Gasteiger partial charge in [0.1, 0.15) is 5.76 Å². The number of aryl methyl sites for hydroxylation is 1. The zero-order chi connectivity index (χ0) is 16.2. The summed E-state index contributed by atoms with van der Waals surface area (Å²) in [6.07, 6.45) is 1.88. The second kappa shape index (κ2) is 7.15. The van der Waals surface area contributed by atoms with Crippen LogP contribution in [0.4, 0.5) is 0 Å². The fraction of sp³-hybridized carbons (Fsp3) is 0.412. The molecule has 2 aromatic rings. The Kier molecular flexibility index (Phi) is 4.98. The molecule has 1 aromatic carbocycles. The summed E-state index contributed by atoms with van der Waals surface area (Å²) in [7, 11) is 0. The number of halogens is 1. The lowest BCUT2D eigenvalue weighted by molar-refractivity contribution is 0.0900. The maximum Gasteiger partial charge on any atom is 0.273 e. The Labute approximate surface area is 140 Å². The average molecular weight is 334 g/mol. The van der Waals surface area contributed by atoms with Gasteiger partial charge in [0.25, 0.3) is 5.91 Å². The van der Waals surface area contributed by atoms with Crippen LogP contribution in [0.2, 0.25) is 5.02 Å². The molecule has 1 amide bonds. The number of piperidine rings is 1. The van der Waals surface area contributed by atoms with Crippen molar-refractivity contribution < 1.29 is 9.32 Å². The predicted molar refractivity (Wildman–Crippen MR) is 88.5 cm³/mol. The van der Waals surface area contributed by atoms with Gasteiger partial charge in [0.15, 0.2) is 5.69 Å². The minimum atomic E-state index is -0.155. The normalized spacial score (nSPS) is 16.4. The van der Waals surface area contributed by atoms with E-state index in [1.807, 2.05) is 12.1 Å². The molecule has 0 unspecified atom stereocenters. The maximum absolute atomic E-state index is 12.1. The van der Waals surface area contributed by atoms with Gasteiger partial charge in [-0.2, -0.15) is 0 Å². The summed E-state index contributed by atoms with van der Waals surface area (Å²) < 4.78 is 4.94. The summed E-state index contributed by atoms with van der Waals surface area (Å²) in [5.41, 5.74) is 1.61. The van der Waals surface area contributed by atoms with Crippen molar-refractivity contribution in [2.45, 2.75) is 32.4 Å². The number of amides is 1. The Morgan fingerprint density at radius 3 is 2.65 bits per heavy atom. The van der Waals surface area contributed by atoms with E-state index >= 15 is 0 Å². The van der Waals surface area contributed by atoms with Gasteiger partial charge < -0.3 is 9.84 Å². The van der Waals surface area contributed by atoms with Gasteiger partial charge in [-0.25, -0.2) is 0 Å². The molecule has 6 heteroatoms. The van der Waals surface area contributed by atoms with Crippen LogP contribution in [0.25, 0.3) is 0 Å². The molecule has 122 valence electrons. The molecule has 0 bridgehead atoms. The predicted octanol–water partition coefficient (Wildman–Crippen LogP) is 3.03. The molecule has 1 aliphatic rings. The highest BCUT2D eigenvalue weighted by Crippen LogP contribution is 2.16. The summed E-state index contributed by atoms with van der Waals surface area (Å²) in [6, 6.07) is 9.81. The van der Waals surface area contributed by atoms with Gasteiger partial charge in [-0.05, 0) is 37.5 Å². The Balaban J connectivity index is 1.46. The molecular weight excluding hydrogens is 314 g/mol. The van der Waals surface area contributed by atoms with Crippen LogP contribution in [0, 0.1) is 6.92 Å². The number of nitrogens with one attached hydrogen (secondary N) is 1. The van der Waals surface area contributed by atoms with E-state index < -0.39 is 0 Å². The molecule has 2 heterocycles. The van der Waals surface area contributed by atoms with Crippen molar-refractivity contribution in [1.29, 1.82) is 0 Å². The molecule has 23 heavy (non-hydrogen) atoms. The van der Waals surface area contributed by atoms with Crippen molar-refractivity contribution >= 4 is 17.5 Å². The topological polar surface area (TPSA) is 58.4 Å². The summed E-state index contributed by atoms with van der Waals surface area (Å²) in [4.78, 5) is 14.5. The SMILES string of the molecule is Cc1cc(C(=O)NC2CCN(Cc3ccc(Cl)cc3)CC2)no1. The van der Waals surface area contributed by atoms with E-state index in [1.165, 1.54) is 5.56 Å². The van der Waals surface area contributed by atoms with Crippen molar-refractivity contribution in [2.24, 2.45) is 0 Å². The van der Waals surface area contributed by atoms with E-state index in [9.17, 15) is 4.79 Å². The third-order valence-corrected chi connectivity index (χ3v) is 4.35. The van der Waals surface area contributed by atoms with Crippen LogP contribution < -0.4 is 5.32 Å². The minimum Gasteiger partial charge on any atom is -0.361 e. The number of benzene rings is 1. The maximum atomic E-state index is 12.1. The first-order valence-corrected chi connectivity index (χ1v) is 8.19. The zero-order valence-electron chi connectivity index (χ0n) is 13.1. The molecule has 0 saturated carbocycles. The molecular formula is C17H20ClN3O2. The summed E-state index contributed by atoms with van der Waals surface area (Å²) in [5, 5.41) is 7.55. The van der Waals surface area contributed by atoms with E-state index in [2.05, 4.69) is 27.5 Å². The highest BCUT2D eigenvalue weighted by Gasteiger charge is 2.22. The molecule has 0 spiro atoms. The first-order valence-electron chi connectivity index (χ1n) is 7.81. The molecule has 0 radical (unpaired) electrons. The second-order valence-corrected chi connectivity index (χ2v) is 6.41. The molecule has 1 aromatic heterocycles. The van der Waals surface area contributed by atoms with Crippen LogP contribution in [-0.4, -0.2) is 35.1 Å². The fourth-order valence-electron chi connectivity index (χ4n) is 2.82. The number of hydrogen-bond donors (Lipinski definition) is 1. The van der Waals surface area contributed by atoms with Crippen LogP contribution in [0.5, 0.6) is 0 Å². The molecule has 1 N–H and O–H groups in total. The van der Waals surface area contributed by atoms with Crippen molar-refractivity contribution in [3.63, 3.8) is 0 Å². The number of likely N-dealkylation sites (tertiary alicyclic amines) is 1. The van der Waals surface area contributed by atoms with Crippen molar-refractivity contribution in [1.82, 2.24) is 15.4 Å². The largest absolute Gasteiger partial charge is 0.361 e. The van der Waals surface area contributed by atoms with E-state index in [-0.39, 0.29) is 11.9 Å². The van der Waals surface area contributed by atoms with Crippen LogP contribution in [0.3, 0.4) is 0 Å². The van der Waals surface area contributed by atoms with Crippen LogP contribution in [0.15, 0.2) is 34.9 Å². The number of aromatic nitrogens is 1. The standard InChI is InChI=1S/C17H20ClN3O2/c1-12-10-16(20-23-12)17(22)19-15-6-8-21(9-7-15)11-13-2-4-14(18)5-3-13/h2-5,10,15H,6-9,11H2,1H3,(H,19,22). The van der Waals surface area contributed by atoms with Gasteiger partial charge in [-0.1, -0.05) is 28.9 Å². The fourth-order valence-corrected chi connectivity index (χ4v) is 2.94. The lowest BCUT2D eigenvalue weighted by Crippen LogP contribution is -2.44. The monoisotopic (exact) mass is 333 g/mol. The highest BCUT2D eigenvalue weighted by molar-refractivity contribution is 6.30. The van der Waals surface area contributed by atoms with Gasteiger partial charge in [-0.3, -0.25) is 9.69 Å². The molecule has 1 aliphatic heterocycles. The van der Waals surface area contributed by atoms with Crippen LogP contribution >= 0.6 is 11.6 Å². The average Bonchev–Trinajstić information content (AvgIpc) is 2.98. The molecule has 0 aliphatic carbocycles. The van der Waals surface area contributed by atoms with Crippen LogP contribution in [0.1, 0.15) is 34.7 Å². The molecule has 0 atom stereocenters. The number of carbonyl (C=O) groups is 1. The van der Waals surface area contributed by atoms with Gasteiger partial charge in [0.05, 0.1) is 0 Å². The number of nitrogens with zero attached hydrogens (tertiary/aromatic N) is 2. The first kappa shape index (κ1) is 16.0. The van der Waals surface area contributed by atoms with E-state index in [0.717, 1.165) is 37.5 Å². The number of carbonyl (C=O) groups excluding carboxylic acids is 1. The lowest BCUT2D eigenvalue weighted by Gasteiger charge is -2.32. The van der Waals surface area contributed by atoms with Gasteiger partial charge in [0, 0.05) is 36.8 Å². The summed E-state index contributed by atoms with van der Waals surface area (Å²) in [5.74, 6) is 0.492. The third kappa shape index (κ3) is 4.33. The first-order chi connectivity index (χ1) is 11.1. The minimum absolute atomic E-state index is 0.155. The second-order valence-electron chi connectivity index (χ2n) is 5.97. The third-order valence-electron chi connectivity index (χ3n) is 4.10. The Bertz CT molecular complexity index is 661. The number of rotatable bonds is 4. The van der Waals surface area contributed by atoms with Crippen molar-refractivity contribution in [2.75, 3.05) is 13.1 Å². The van der Waals surface area contributed by atoms with Gasteiger partial charge in [0.2, 0.25) is 0 Å². The lowest BCUT2D eigenvalue weighted by atomic mass is 10.0. The Morgan fingerprint density at radius 1 is 1.35 bits per heavy atom. The molecule has 1 fully saturated rings. The Morgan fingerprint density at radius 2 is 2.04 bits per heavy atom. The molecule has 3 rings (SSSR count). The Hall–Kier alpha value is -1.85. The molecule has 5 nitrogen and oxygen atoms in total. The van der Waals surface area contributed by atoms with Gasteiger partial charge in [-0.15, -0.1) is 0 Å². The zero-order valence-corrected chi connectivity index (χ0v) is 13.8. The smallest absolute Gasteiger partial charge is 0.273 e. The summed E-state index contributed by atoms with van der Waals surface area (Å²) in [6.45, 7) is 4.62. The van der Waals surface area contributed by atoms with E-state index in [4.69, 9.17) is 16.1 Å². The molecule has 1 saturated heterocycles. The highest BCUT2D eigenvalue weighted by atomic mass is 35.5. The number of hydrogen-bond acceptors (Lipinski definition) is 4. The summed E-state index contributed by atoms with van der Waals surface area (Å²) >= 11 is 5.91. The van der Waals surface area contributed by atoms with E-state index in [1.54, 1.807) is 13.0 Å². The van der Waals surface area contributed by atoms with Crippen LogP contribution in [-0.2, 0) is 6.54 Å².